The maximum atomic E-state index is 12.9. The predicted molar refractivity (Wildman–Crippen MR) is 137 cm³/mol. The Labute approximate surface area is 205 Å². The van der Waals surface area contributed by atoms with Gasteiger partial charge in [-0.15, -0.1) is 0 Å². The Morgan fingerprint density at radius 3 is 2.54 bits per heavy atom. The van der Waals surface area contributed by atoms with E-state index in [0.717, 1.165) is 74.8 Å². The fraction of sp³-hybridized carbons (Fsp3) is 0.458. The summed E-state index contributed by atoms with van der Waals surface area (Å²) in [6, 6.07) is 6.13. The molecular weight excluding hydrogens is 443 g/mol. The summed E-state index contributed by atoms with van der Waals surface area (Å²) in [6.07, 6.45) is 8.88. The van der Waals surface area contributed by atoms with Gasteiger partial charge in [0.15, 0.2) is 0 Å². The van der Waals surface area contributed by atoms with E-state index >= 15 is 0 Å². The lowest BCUT2D eigenvalue weighted by atomic mass is 9.93. The van der Waals surface area contributed by atoms with E-state index < -0.39 is 0 Å². The quantitative estimate of drug-likeness (QED) is 0.413. The molecule has 35 heavy (non-hydrogen) atoms. The van der Waals surface area contributed by atoms with Crippen LogP contribution in [-0.2, 0) is 4.79 Å². The minimum Gasteiger partial charge on any atom is -0.368 e. The summed E-state index contributed by atoms with van der Waals surface area (Å²) in [4.78, 5) is 43.3. The third-order valence-corrected chi connectivity index (χ3v) is 6.83. The minimum absolute atomic E-state index is 0.0217. The Kier molecular flexibility index (Phi) is 6.67. The maximum absolute atomic E-state index is 12.9. The smallest absolute Gasteiger partial charge is 0.293 e. The van der Waals surface area contributed by atoms with Gasteiger partial charge in [0.05, 0.1) is 18.1 Å². The zero-order valence-corrected chi connectivity index (χ0v) is 20.2. The van der Waals surface area contributed by atoms with Crippen molar-refractivity contribution in [1.82, 2.24) is 29.2 Å². The number of amides is 1. The summed E-state index contributed by atoms with van der Waals surface area (Å²) in [7, 11) is 5.15. The number of nitrogens with zero attached hydrogens (tertiary/aromatic N) is 7. The number of fused-ring (bicyclic) bond motifs is 1. The van der Waals surface area contributed by atoms with Gasteiger partial charge in [-0.1, -0.05) is 12.8 Å². The highest BCUT2D eigenvalue weighted by Gasteiger charge is 2.26. The molecule has 181 valence electrons. The SMILES string of the molecule is CN(C)C(=O)c1cc2cnc(Nc3ccc(N4CCN([B]C=O)CC4)cn3)nc2n1C1CCCC1. The monoisotopic (exact) mass is 473 g/mol. The van der Waals surface area contributed by atoms with Crippen LogP contribution in [0.2, 0.25) is 0 Å². The minimum atomic E-state index is -0.0217. The van der Waals surface area contributed by atoms with Crippen molar-refractivity contribution < 1.29 is 9.59 Å². The number of anilines is 3. The second-order valence-corrected chi connectivity index (χ2v) is 9.34. The molecule has 0 atom stereocenters. The first-order chi connectivity index (χ1) is 17.0. The summed E-state index contributed by atoms with van der Waals surface area (Å²) in [5.41, 5.74) is 2.48. The Bertz CT molecular complexity index is 1200. The summed E-state index contributed by atoms with van der Waals surface area (Å²) < 4.78 is 2.11. The van der Waals surface area contributed by atoms with E-state index in [9.17, 15) is 9.59 Å². The number of pyridine rings is 1. The number of piperazine rings is 1. The van der Waals surface area contributed by atoms with Crippen LogP contribution in [0.4, 0.5) is 17.5 Å². The normalized spacial score (nSPS) is 17.0. The molecule has 1 amide bonds. The first kappa shape index (κ1) is 23.3. The first-order valence-electron chi connectivity index (χ1n) is 12.1. The third-order valence-electron chi connectivity index (χ3n) is 6.83. The highest BCUT2D eigenvalue weighted by molar-refractivity contribution is 6.64. The highest BCUT2D eigenvalue weighted by Crippen LogP contribution is 2.35. The lowest BCUT2D eigenvalue weighted by Gasteiger charge is -2.35. The van der Waals surface area contributed by atoms with Crippen LogP contribution in [0.1, 0.15) is 42.2 Å². The second-order valence-electron chi connectivity index (χ2n) is 9.34. The Morgan fingerprint density at radius 1 is 1.11 bits per heavy atom. The molecule has 2 fully saturated rings. The Balaban J connectivity index is 1.35. The molecule has 0 spiro atoms. The van der Waals surface area contributed by atoms with Crippen molar-refractivity contribution >= 4 is 48.0 Å². The average molecular weight is 473 g/mol. The Hall–Kier alpha value is -3.47. The molecule has 2 aliphatic rings. The number of nitrogens with one attached hydrogen (secondary N) is 1. The van der Waals surface area contributed by atoms with E-state index in [1.54, 1.807) is 32.6 Å². The fourth-order valence-corrected chi connectivity index (χ4v) is 4.97. The fourth-order valence-electron chi connectivity index (χ4n) is 4.97. The number of carbonyl (C=O) groups is 2. The van der Waals surface area contributed by atoms with Gasteiger partial charge < -0.3 is 29.3 Å². The van der Waals surface area contributed by atoms with E-state index in [-0.39, 0.29) is 11.9 Å². The number of rotatable bonds is 7. The number of aromatic nitrogens is 4. The van der Waals surface area contributed by atoms with Crippen LogP contribution in [0.5, 0.6) is 0 Å². The second kappa shape index (κ2) is 10.0. The van der Waals surface area contributed by atoms with E-state index in [1.165, 1.54) is 0 Å². The number of hydrogen-bond acceptors (Lipinski definition) is 8. The van der Waals surface area contributed by atoms with Crippen molar-refractivity contribution in [3.63, 3.8) is 0 Å². The number of hydrogen-bond donors (Lipinski definition) is 1. The van der Waals surface area contributed by atoms with Gasteiger partial charge in [0, 0.05) is 57.9 Å². The van der Waals surface area contributed by atoms with E-state index in [4.69, 9.17) is 4.98 Å². The lowest BCUT2D eigenvalue weighted by molar-refractivity contribution is 0.0815. The molecule has 1 N–H and O–H groups in total. The van der Waals surface area contributed by atoms with Gasteiger partial charge in [-0.2, -0.15) is 4.98 Å². The summed E-state index contributed by atoms with van der Waals surface area (Å²) in [6.45, 7) is 3.30. The molecule has 4 heterocycles. The molecule has 3 aromatic heterocycles. The van der Waals surface area contributed by atoms with Crippen molar-refractivity contribution in [2.24, 2.45) is 0 Å². The molecule has 1 aliphatic heterocycles. The zero-order chi connectivity index (χ0) is 24.4. The van der Waals surface area contributed by atoms with E-state index in [1.807, 2.05) is 29.2 Å². The van der Waals surface area contributed by atoms with Gasteiger partial charge in [-0.3, -0.25) is 4.79 Å². The van der Waals surface area contributed by atoms with Gasteiger partial charge in [0.1, 0.15) is 17.2 Å². The molecular formula is C24H30BN8O2. The molecule has 1 radical (unpaired) electrons. The van der Waals surface area contributed by atoms with E-state index in [0.29, 0.717) is 17.5 Å². The van der Waals surface area contributed by atoms with Crippen LogP contribution in [0, 0.1) is 0 Å². The van der Waals surface area contributed by atoms with Crippen molar-refractivity contribution in [3.8, 4) is 0 Å². The summed E-state index contributed by atoms with van der Waals surface area (Å²) in [5, 5.41) is 4.08. The maximum Gasteiger partial charge on any atom is 0.293 e. The van der Waals surface area contributed by atoms with Crippen LogP contribution >= 0.6 is 0 Å². The predicted octanol–water partition coefficient (Wildman–Crippen LogP) is 2.32. The Morgan fingerprint density at radius 2 is 1.89 bits per heavy atom. The van der Waals surface area contributed by atoms with Gasteiger partial charge in [0.25, 0.3) is 13.3 Å². The van der Waals surface area contributed by atoms with Gasteiger partial charge in [0.2, 0.25) is 5.95 Å². The topological polar surface area (TPSA) is 99.5 Å². The van der Waals surface area contributed by atoms with Crippen LogP contribution in [0.15, 0.2) is 30.6 Å². The average Bonchev–Trinajstić information content (AvgIpc) is 3.52. The standard InChI is InChI=1S/C24H30BN8O2/c1-30(2)23(35)20-13-17-14-27-24(29-22(17)33(20)18-5-3-4-6-18)28-21-8-7-19(15-26-21)31-9-11-32(12-10-31)25-16-34/h7-8,13-16,18H,3-6,9-12H2,1-2H3,(H,26,27,28,29). The summed E-state index contributed by atoms with van der Waals surface area (Å²) >= 11 is 0. The molecule has 3 aromatic rings. The number of carbonyl (C=O) groups excluding carboxylic acids is 2. The molecule has 5 rings (SSSR count). The van der Waals surface area contributed by atoms with Crippen LogP contribution < -0.4 is 10.2 Å². The first-order valence-corrected chi connectivity index (χ1v) is 12.1. The molecule has 0 unspecified atom stereocenters. The van der Waals surface area contributed by atoms with E-state index in [2.05, 4.69) is 24.8 Å². The highest BCUT2D eigenvalue weighted by atomic mass is 16.2. The molecule has 0 aromatic carbocycles. The van der Waals surface area contributed by atoms with Gasteiger partial charge in [-0.25, -0.2) is 9.97 Å². The molecule has 1 saturated carbocycles. The molecule has 0 bridgehead atoms. The lowest BCUT2D eigenvalue weighted by Crippen LogP contribution is -2.48. The molecule has 11 heteroatoms. The summed E-state index contributed by atoms with van der Waals surface area (Å²) in [5.74, 6) is 1.09. The molecule has 1 aliphatic carbocycles. The molecule has 10 nitrogen and oxygen atoms in total. The molecule has 1 saturated heterocycles. The van der Waals surface area contributed by atoms with Crippen LogP contribution in [0.3, 0.4) is 0 Å². The third kappa shape index (κ3) is 4.86. The van der Waals surface area contributed by atoms with Crippen molar-refractivity contribution in [3.05, 3.63) is 36.3 Å². The van der Waals surface area contributed by atoms with Crippen LogP contribution in [-0.4, -0.2) is 89.0 Å². The van der Waals surface area contributed by atoms with Crippen molar-refractivity contribution in [2.75, 3.05) is 50.5 Å². The van der Waals surface area contributed by atoms with Crippen molar-refractivity contribution in [1.29, 1.82) is 0 Å². The zero-order valence-electron chi connectivity index (χ0n) is 20.2. The van der Waals surface area contributed by atoms with Crippen LogP contribution in [0.25, 0.3) is 11.0 Å². The largest absolute Gasteiger partial charge is 0.368 e. The van der Waals surface area contributed by atoms with Gasteiger partial charge in [-0.05, 0) is 31.0 Å². The van der Waals surface area contributed by atoms with Gasteiger partial charge >= 0.3 is 0 Å². The van der Waals surface area contributed by atoms with Crippen molar-refractivity contribution in [2.45, 2.75) is 31.7 Å².